The quantitative estimate of drug-likeness (QED) is 0.443. The van der Waals surface area contributed by atoms with Crippen molar-refractivity contribution in [3.05, 3.63) is 35.2 Å². The van der Waals surface area contributed by atoms with Gasteiger partial charge in [-0.25, -0.2) is 9.97 Å². The van der Waals surface area contributed by atoms with Gasteiger partial charge in [0.2, 0.25) is 0 Å². The van der Waals surface area contributed by atoms with E-state index in [0.717, 1.165) is 36.3 Å². The molecular formula is C19H23ClF3N5. The number of rotatable bonds is 8. The van der Waals surface area contributed by atoms with Gasteiger partial charge in [0.15, 0.2) is 5.15 Å². The standard InChI is InChI=1S/C19H23ClF3N5/c1-3-27(4-2)8-7-24-10-13-5-6-15-14(9-13)16-17(18(20)26-12-25-16)28(15)11-19(21,22)23/h5-6,9,12,24H,3-4,7-8,10-11H2,1-2H3. The smallest absolute Gasteiger partial charge is 0.327 e. The number of aromatic nitrogens is 3. The van der Waals surface area contributed by atoms with Crippen molar-refractivity contribution in [3.63, 3.8) is 0 Å². The zero-order valence-corrected chi connectivity index (χ0v) is 16.6. The number of nitrogens with one attached hydrogen (secondary N) is 1. The monoisotopic (exact) mass is 413 g/mol. The van der Waals surface area contributed by atoms with Gasteiger partial charge < -0.3 is 14.8 Å². The minimum atomic E-state index is -4.37. The molecule has 1 aromatic carbocycles. The van der Waals surface area contributed by atoms with Crippen LogP contribution in [0.3, 0.4) is 0 Å². The highest BCUT2D eigenvalue weighted by Gasteiger charge is 2.30. The van der Waals surface area contributed by atoms with Gasteiger partial charge in [0, 0.05) is 25.0 Å². The minimum Gasteiger partial charge on any atom is -0.327 e. The molecular weight excluding hydrogens is 391 g/mol. The lowest BCUT2D eigenvalue weighted by Gasteiger charge is -2.18. The summed E-state index contributed by atoms with van der Waals surface area (Å²) in [4.78, 5) is 10.4. The van der Waals surface area contributed by atoms with Crippen molar-refractivity contribution in [1.82, 2.24) is 24.8 Å². The van der Waals surface area contributed by atoms with E-state index in [9.17, 15) is 13.2 Å². The van der Waals surface area contributed by atoms with Crippen LogP contribution in [0.25, 0.3) is 21.9 Å². The highest BCUT2D eigenvalue weighted by molar-refractivity contribution is 6.34. The fourth-order valence-corrected chi connectivity index (χ4v) is 3.62. The first-order valence-electron chi connectivity index (χ1n) is 9.25. The van der Waals surface area contributed by atoms with E-state index in [1.807, 2.05) is 12.1 Å². The molecule has 2 aromatic heterocycles. The molecule has 3 rings (SSSR count). The topological polar surface area (TPSA) is 46.0 Å². The maximum atomic E-state index is 13.1. The molecule has 0 aliphatic rings. The normalized spacial score (nSPS) is 12.5. The number of fused-ring (bicyclic) bond motifs is 3. The summed E-state index contributed by atoms with van der Waals surface area (Å²) < 4.78 is 40.4. The van der Waals surface area contributed by atoms with E-state index in [1.165, 1.54) is 6.33 Å². The summed E-state index contributed by atoms with van der Waals surface area (Å²) in [6.45, 7) is 7.53. The van der Waals surface area contributed by atoms with Crippen LogP contribution in [0.15, 0.2) is 24.5 Å². The summed E-state index contributed by atoms with van der Waals surface area (Å²) in [5.41, 5.74) is 2.07. The molecule has 0 fully saturated rings. The Balaban J connectivity index is 1.89. The van der Waals surface area contributed by atoms with Gasteiger partial charge in [-0.15, -0.1) is 0 Å². The summed E-state index contributed by atoms with van der Waals surface area (Å²) in [5, 5.41) is 4.05. The number of hydrogen-bond acceptors (Lipinski definition) is 4. The molecule has 3 aromatic rings. The van der Waals surface area contributed by atoms with E-state index in [4.69, 9.17) is 11.6 Å². The van der Waals surface area contributed by atoms with E-state index in [0.29, 0.717) is 23.0 Å². The van der Waals surface area contributed by atoms with Crippen LogP contribution in [-0.2, 0) is 13.1 Å². The number of halogens is 4. The molecule has 0 bridgehead atoms. The van der Waals surface area contributed by atoms with Crippen molar-refractivity contribution in [1.29, 1.82) is 0 Å². The third-order valence-corrected chi connectivity index (χ3v) is 5.10. The van der Waals surface area contributed by atoms with Crippen LogP contribution in [0, 0.1) is 0 Å². The van der Waals surface area contributed by atoms with Gasteiger partial charge in [0.1, 0.15) is 23.9 Å². The van der Waals surface area contributed by atoms with Crippen molar-refractivity contribution in [2.24, 2.45) is 0 Å². The molecule has 0 unspecified atom stereocenters. The van der Waals surface area contributed by atoms with E-state index in [-0.39, 0.29) is 10.7 Å². The molecule has 9 heteroatoms. The fourth-order valence-electron chi connectivity index (χ4n) is 3.39. The second kappa shape index (κ2) is 8.63. The Morgan fingerprint density at radius 3 is 2.61 bits per heavy atom. The number of nitrogens with zero attached hydrogens (tertiary/aromatic N) is 4. The molecule has 0 saturated heterocycles. The molecule has 0 radical (unpaired) electrons. The number of hydrogen-bond donors (Lipinski definition) is 1. The molecule has 0 spiro atoms. The first-order chi connectivity index (χ1) is 13.3. The highest BCUT2D eigenvalue weighted by Crippen LogP contribution is 2.33. The van der Waals surface area contributed by atoms with Crippen molar-refractivity contribution in [2.45, 2.75) is 33.1 Å². The molecule has 0 amide bonds. The van der Waals surface area contributed by atoms with Crippen molar-refractivity contribution in [3.8, 4) is 0 Å². The second-order valence-corrected chi connectivity index (χ2v) is 6.98. The Bertz CT molecular complexity index is 950. The Morgan fingerprint density at radius 2 is 1.93 bits per heavy atom. The largest absolute Gasteiger partial charge is 0.406 e. The average Bonchev–Trinajstić information content (AvgIpc) is 2.95. The van der Waals surface area contributed by atoms with Crippen LogP contribution in [0.4, 0.5) is 13.2 Å². The first-order valence-corrected chi connectivity index (χ1v) is 9.63. The zero-order chi connectivity index (χ0) is 20.3. The van der Waals surface area contributed by atoms with E-state index < -0.39 is 12.7 Å². The molecule has 0 saturated carbocycles. The number of benzene rings is 1. The third-order valence-electron chi connectivity index (χ3n) is 4.82. The second-order valence-electron chi connectivity index (χ2n) is 6.62. The molecule has 0 aliphatic heterocycles. The molecule has 0 atom stereocenters. The van der Waals surface area contributed by atoms with E-state index in [1.54, 1.807) is 6.07 Å². The Kier molecular flexibility index (Phi) is 6.42. The molecule has 1 N–H and O–H groups in total. The predicted octanol–water partition coefficient (Wildman–Crippen LogP) is 4.23. The van der Waals surface area contributed by atoms with Crippen molar-refractivity contribution < 1.29 is 13.2 Å². The van der Waals surface area contributed by atoms with Crippen LogP contribution >= 0.6 is 11.6 Å². The lowest BCUT2D eigenvalue weighted by atomic mass is 10.1. The number of alkyl halides is 3. The summed E-state index contributed by atoms with van der Waals surface area (Å²) in [5.74, 6) is 0. The third kappa shape index (κ3) is 4.56. The summed E-state index contributed by atoms with van der Waals surface area (Å²) in [7, 11) is 0. The summed E-state index contributed by atoms with van der Waals surface area (Å²) >= 11 is 6.11. The van der Waals surface area contributed by atoms with E-state index in [2.05, 4.69) is 34.0 Å². The first kappa shape index (κ1) is 20.8. The van der Waals surface area contributed by atoms with Gasteiger partial charge in [-0.2, -0.15) is 13.2 Å². The van der Waals surface area contributed by atoms with Crippen LogP contribution in [0.1, 0.15) is 19.4 Å². The lowest BCUT2D eigenvalue weighted by molar-refractivity contribution is -0.139. The fraction of sp³-hybridized carbons (Fsp3) is 0.474. The molecule has 152 valence electrons. The van der Waals surface area contributed by atoms with Gasteiger partial charge in [-0.05, 0) is 30.8 Å². The average molecular weight is 414 g/mol. The van der Waals surface area contributed by atoms with Gasteiger partial charge >= 0.3 is 6.18 Å². The van der Waals surface area contributed by atoms with Crippen molar-refractivity contribution >= 4 is 33.5 Å². The minimum absolute atomic E-state index is 0.0179. The molecule has 28 heavy (non-hydrogen) atoms. The highest BCUT2D eigenvalue weighted by atomic mass is 35.5. The summed E-state index contributed by atoms with van der Waals surface area (Å²) in [6, 6.07) is 5.40. The van der Waals surface area contributed by atoms with Crippen molar-refractivity contribution in [2.75, 3.05) is 26.2 Å². The van der Waals surface area contributed by atoms with Crippen LogP contribution in [0.2, 0.25) is 5.15 Å². The molecule has 2 heterocycles. The SMILES string of the molecule is CCN(CC)CCNCc1ccc2c(c1)c1ncnc(Cl)c1n2CC(F)(F)F. The summed E-state index contributed by atoms with van der Waals surface area (Å²) in [6.07, 6.45) is -3.10. The Labute approximate surface area is 166 Å². The Hall–Kier alpha value is -1.90. The van der Waals surface area contributed by atoms with Crippen LogP contribution < -0.4 is 5.32 Å². The maximum Gasteiger partial charge on any atom is 0.406 e. The van der Waals surface area contributed by atoms with E-state index >= 15 is 0 Å². The van der Waals surface area contributed by atoms with Crippen LogP contribution in [-0.4, -0.2) is 51.8 Å². The number of likely N-dealkylation sites (N-methyl/N-ethyl adjacent to an activating group) is 1. The maximum absolute atomic E-state index is 13.1. The lowest BCUT2D eigenvalue weighted by Crippen LogP contribution is -2.31. The molecule has 0 aliphatic carbocycles. The predicted molar refractivity (Wildman–Crippen MR) is 106 cm³/mol. The van der Waals surface area contributed by atoms with Gasteiger partial charge in [0.25, 0.3) is 0 Å². The molecule has 5 nitrogen and oxygen atoms in total. The van der Waals surface area contributed by atoms with Gasteiger partial charge in [-0.1, -0.05) is 31.5 Å². The zero-order valence-electron chi connectivity index (χ0n) is 15.9. The Morgan fingerprint density at radius 1 is 1.18 bits per heavy atom. The van der Waals surface area contributed by atoms with Crippen LogP contribution in [0.5, 0.6) is 0 Å². The van der Waals surface area contributed by atoms with Gasteiger partial charge in [-0.3, -0.25) is 0 Å². The van der Waals surface area contributed by atoms with Gasteiger partial charge in [0.05, 0.1) is 5.52 Å².